The topological polar surface area (TPSA) is 83.3 Å². The molecule has 0 spiro atoms. The van der Waals surface area contributed by atoms with Crippen molar-refractivity contribution in [2.45, 2.75) is 13.8 Å². The van der Waals surface area contributed by atoms with Crippen molar-refractivity contribution in [1.29, 1.82) is 0 Å². The molecule has 0 saturated heterocycles. The van der Waals surface area contributed by atoms with E-state index in [1.807, 2.05) is 36.4 Å². The van der Waals surface area contributed by atoms with Crippen molar-refractivity contribution in [3.8, 4) is 5.69 Å². The van der Waals surface area contributed by atoms with Crippen LogP contribution in [0.3, 0.4) is 0 Å². The zero-order chi connectivity index (χ0) is 17.8. The second-order valence-electron chi connectivity index (χ2n) is 5.14. The van der Waals surface area contributed by atoms with Gasteiger partial charge in [-0.2, -0.15) is 0 Å². The van der Waals surface area contributed by atoms with Crippen molar-refractivity contribution in [2.75, 3.05) is 13.2 Å². The maximum Gasteiger partial charge on any atom is 0.361 e. The summed E-state index contributed by atoms with van der Waals surface area (Å²) in [5.41, 5.74) is 0.425. The number of carbonyl (C=O) groups is 2. The predicted octanol–water partition coefficient (Wildman–Crippen LogP) is 2.77. The molecule has 0 radical (unpaired) electrons. The first-order valence-corrected chi connectivity index (χ1v) is 7.95. The Morgan fingerprint density at radius 2 is 1.64 bits per heavy atom. The largest absolute Gasteiger partial charge is 0.461 e. The van der Waals surface area contributed by atoms with Crippen LogP contribution in [0.25, 0.3) is 16.5 Å². The van der Waals surface area contributed by atoms with E-state index in [2.05, 4.69) is 10.3 Å². The Morgan fingerprint density at radius 3 is 2.40 bits per heavy atom. The molecule has 0 amide bonds. The van der Waals surface area contributed by atoms with Gasteiger partial charge in [-0.3, -0.25) is 0 Å². The molecule has 0 unspecified atom stereocenters. The molecular weight excluding hydrogens is 322 g/mol. The summed E-state index contributed by atoms with van der Waals surface area (Å²) in [4.78, 5) is 24.6. The molecule has 0 bridgehead atoms. The molecule has 0 saturated carbocycles. The molecule has 0 fully saturated rings. The molecule has 7 heteroatoms. The minimum atomic E-state index is -0.711. The molecule has 1 heterocycles. The van der Waals surface area contributed by atoms with Crippen molar-refractivity contribution in [3.63, 3.8) is 0 Å². The SMILES string of the molecule is CCOC(=O)c1nnn(-c2cccc3ccccc23)c1C(=O)OCC. The van der Waals surface area contributed by atoms with Gasteiger partial charge in [0.15, 0.2) is 5.69 Å². The van der Waals surface area contributed by atoms with Crippen molar-refractivity contribution in [1.82, 2.24) is 15.0 Å². The Bertz CT molecular complexity index is 928. The highest BCUT2D eigenvalue weighted by molar-refractivity contribution is 6.01. The average Bonchev–Trinajstić information content (AvgIpc) is 3.06. The van der Waals surface area contributed by atoms with Gasteiger partial charge in [-0.1, -0.05) is 41.6 Å². The van der Waals surface area contributed by atoms with Crippen LogP contribution < -0.4 is 0 Å². The lowest BCUT2D eigenvalue weighted by Gasteiger charge is -2.09. The van der Waals surface area contributed by atoms with Gasteiger partial charge in [-0.05, 0) is 25.3 Å². The molecule has 3 aromatic rings. The fourth-order valence-corrected chi connectivity index (χ4v) is 2.56. The summed E-state index contributed by atoms with van der Waals surface area (Å²) < 4.78 is 11.4. The number of fused-ring (bicyclic) bond motifs is 1. The summed E-state index contributed by atoms with van der Waals surface area (Å²) in [7, 11) is 0. The number of ether oxygens (including phenoxy) is 2. The van der Waals surface area contributed by atoms with Crippen LogP contribution in [0.1, 0.15) is 34.8 Å². The van der Waals surface area contributed by atoms with Crippen molar-refractivity contribution in [2.24, 2.45) is 0 Å². The lowest BCUT2D eigenvalue weighted by atomic mass is 10.1. The number of esters is 2. The van der Waals surface area contributed by atoms with Gasteiger partial charge in [0, 0.05) is 5.39 Å². The summed E-state index contributed by atoms with van der Waals surface area (Å²) in [6.45, 7) is 3.70. The zero-order valence-electron chi connectivity index (χ0n) is 13.9. The highest BCUT2D eigenvalue weighted by Crippen LogP contribution is 2.24. The Labute approximate surface area is 144 Å². The van der Waals surface area contributed by atoms with Crippen molar-refractivity contribution >= 4 is 22.7 Å². The molecule has 0 aliphatic rings. The van der Waals surface area contributed by atoms with E-state index in [0.717, 1.165) is 10.8 Å². The minimum absolute atomic E-state index is 0.0448. The van der Waals surface area contributed by atoms with E-state index < -0.39 is 11.9 Å². The minimum Gasteiger partial charge on any atom is -0.461 e. The standard InChI is InChI=1S/C18H17N3O4/c1-3-24-17(22)15-16(18(23)25-4-2)21(20-19-15)14-11-7-9-12-8-5-6-10-13(12)14/h5-11H,3-4H2,1-2H3. The average molecular weight is 339 g/mol. The molecule has 128 valence electrons. The van der Waals surface area contributed by atoms with Crippen molar-refractivity contribution < 1.29 is 19.1 Å². The Morgan fingerprint density at radius 1 is 0.960 bits per heavy atom. The third-order valence-electron chi connectivity index (χ3n) is 3.60. The third-order valence-corrected chi connectivity index (χ3v) is 3.60. The number of aromatic nitrogens is 3. The van der Waals surface area contributed by atoms with E-state index in [1.165, 1.54) is 4.68 Å². The van der Waals surface area contributed by atoms with Crippen LogP contribution in [0.2, 0.25) is 0 Å². The fourth-order valence-electron chi connectivity index (χ4n) is 2.56. The third kappa shape index (κ3) is 3.08. The molecule has 0 N–H and O–H groups in total. The van der Waals surface area contributed by atoms with E-state index in [-0.39, 0.29) is 24.6 Å². The van der Waals surface area contributed by atoms with E-state index in [0.29, 0.717) is 5.69 Å². The summed E-state index contributed by atoms with van der Waals surface area (Å²) in [6, 6.07) is 13.3. The fraction of sp³-hybridized carbons (Fsp3) is 0.222. The molecular formula is C18H17N3O4. The van der Waals surface area contributed by atoms with Crippen LogP contribution in [-0.4, -0.2) is 40.1 Å². The van der Waals surface area contributed by atoms with Crippen LogP contribution in [0, 0.1) is 0 Å². The van der Waals surface area contributed by atoms with Gasteiger partial charge in [0.05, 0.1) is 18.9 Å². The number of hydrogen-bond donors (Lipinski definition) is 0. The highest BCUT2D eigenvalue weighted by Gasteiger charge is 2.28. The number of rotatable bonds is 5. The number of nitrogens with zero attached hydrogens (tertiary/aromatic N) is 3. The number of benzene rings is 2. The molecule has 25 heavy (non-hydrogen) atoms. The van der Waals surface area contributed by atoms with Gasteiger partial charge >= 0.3 is 11.9 Å². The quantitative estimate of drug-likeness (QED) is 0.665. The van der Waals surface area contributed by atoms with E-state index in [4.69, 9.17) is 9.47 Å². The smallest absolute Gasteiger partial charge is 0.361 e. The molecule has 0 aliphatic heterocycles. The Hall–Kier alpha value is -3.22. The van der Waals surface area contributed by atoms with E-state index in [1.54, 1.807) is 19.9 Å². The normalized spacial score (nSPS) is 10.6. The van der Waals surface area contributed by atoms with Crippen LogP contribution in [0.5, 0.6) is 0 Å². The van der Waals surface area contributed by atoms with Crippen LogP contribution in [0.4, 0.5) is 0 Å². The van der Waals surface area contributed by atoms with Crippen LogP contribution in [-0.2, 0) is 9.47 Å². The van der Waals surface area contributed by atoms with Gasteiger partial charge in [0.2, 0.25) is 5.69 Å². The molecule has 1 aromatic heterocycles. The molecule has 0 atom stereocenters. The van der Waals surface area contributed by atoms with Gasteiger partial charge in [0.25, 0.3) is 0 Å². The summed E-state index contributed by atoms with van der Waals surface area (Å²) in [5, 5.41) is 9.71. The maximum absolute atomic E-state index is 12.4. The van der Waals surface area contributed by atoms with Gasteiger partial charge < -0.3 is 9.47 Å². The summed E-state index contributed by atoms with van der Waals surface area (Å²) in [5.74, 6) is -1.39. The van der Waals surface area contributed by atoms with Crippen LogP contribution >= 0.6 is 0 Å². The Balaban J connectivity index is 2.21. The number of carbonyl (C=O) groups excluding carboxylic acids is 2. The first-order chi connectivity index (χ1) is 12.2. The summed E-state index contributed by atoms with van der Waals surface area (Å²) >= 11 is 0. The molecule has 2 aromatic carbocycles. The first kappa shape index (κ1) is 16.6. The van der Waals surface area contributed by atoms with E-state index in [9.17, 15) is 9.59 Å². The van der Waals surface area contributed by atoms with Gasteiger partial charge in [0.1, 0.15) is 0 Å². The van der Waals surface area contributed by atoms with Crippen LogP contribution in [0.15, 0.2) is 42.5 Å². The maximum atomic E-state index is 12.4. The molecule has 3 rings (SSSR count). The first-order valence-electron chi connectivity index (χ1n) is 7.95. The predicted molar refractivity (Wildman–Crippen MR) is 90.8 cm³/mol. The van der Waals surface area contributed by atoms with E-state index >= 15 is 0 Å². The lowest BCUT2D eigenvalue weighted by molar-refractivity contribution is 0.0469. The second kappa shape index (κ2) is 7.12. The second-order valence-corrected chi connectivity index (χ2v) is 5.14. The summed E-state index contributed by atoms with van der Waals surface area (Å²) in [6.07, 6.45) is 0. The highest BCUT2D eigenvalue weighted by atomic mass is 16.5. The van der Waals surface area contributed by atoms with Crippen molar-refractivity contribution in [3.05, 3.63) is 53.9 Å². The number of hydrogen-bond acceptors (Lipinski definition) is 6. The molecule has 0 aliphatic carbocycles. The zero-order valence-corrected chi connectivity index (χ0v) is 13.9. The van der Waals surface area contributed by atoms with Gasteiger partial charge in [-0.15, -0.1) is 5.10 Å². The lowest BCUT2D eigenvalue weighted by Crippen LogP contribution is -2.17. The monoisotopic (exact) mass is 339 g/mol. The molecule has 7 nitrogen and oxygen atoms in total. The Kier molecular flexibility index (Phi) is 4.74. The van der Waals surface area contributed by atoms with Gasteiger partial charge in [-0.25, -0.2) is 14.3 Å².